The summed E-state index contributed by atoms with van der Waals surface area (Å²) in [5, 5.41) is 16.7. The van der Waals surface area contributed by atoms with Gasteiger partial charge in [-0.25, -0.2) is 5.43 Å². The lowest BCUT2D eigenvalue weighted by Crippen LogP contribution is -2.62. The van der Waals surface area contributed by atoms with Gasteiger partial charge in [0.1, 0.15) is 23.9 Å². The highest BCUT2D eigenvalue weighted by Gasteiger charge is 2.34. The number of ether oxygens (including phenoxy) is 1. The molecule has 0 aromatic heterocycles. The highest BCUT2D eigenvalue weighted by atomic mass is 32.1. The van der Waals surface area contributed by atoms with Crippen molar-refractivity contribution in [3.05, 3.63) is 29.8 Å². The smallest absolute Gasteiger partial charge is 0.324 e. The first-order valence-corrected chi connectivity index (χ1v) is 12.4. The van der Waals surface area contributed by atoms with Crippen LogP contribution in [0.5, 0.6) is 5.75 Å². The number of methoxy groups -OCH3 is 1. The standard InChI is InChI=1S/C24H36N4O6S/c1-15(2)21(26-20(30)10-6-12-35)22(31)25-19(14-16-7-4-8-17(29)13-16)23(32)28-11-5-9-18(27-28)24(33)34-3/h4,7-8,13,15,18-19,21,27,29,35H,5-6,9-12,14H2,1-3H3,(H,25,31)(H,26,30)/t18-,19-,21-/m0/s1. The van der Waals surface area contributed by atoms with Crippen LogP contribution < -0.4 is 16.1 Å². The van der Waals surface area contributed by atoms with Crippen molar-refractivity contribution in [2.75, 3.05) is 19.4 Å². The number of carbonyl (C=O) groups excluding carboxylic acids is 4. The van der Waals surface area contributed by atoms with Gasteiger partial charge in [-0.2, -0.15) is 12.6 Å². The summed E-state index contributed by atoms with van der Waals surface area (Å²) in [6.07, 6.45) is 2.05. The van der Waals surface area contributed by atoms with Gasteiger partial charge in [0, 0.05) is 19.4 Å². The molecule has 11 heteroatoms. The van der Waals surface area contributed by atoms with Crippen LogP contribution in [0.2, 0.25) is 0 Å². The van der Waals surface area contributed by atoms with E-state index in [1.54, 1.807) is 12.1 Å². The van der Waals surface area contributed by atoms with Crippen molar-refractivity contribution in [1.29, 1.82) is 0 Å². The lowest BCUT2D eigenvalue weighted by molar-refractivity contribution is -0.151. The molecule has 3 atom stereocenters. The van der Waals surface area contributed by atoms with Gasteiger partial charge in [-0.1, -0.05) is 26.0 Å². The Bertz CT molecular complexity index is 897. The van der Waals surface area contributed by atoms with Crippen LogP contribution in [-0.2, 0) is 30.3 Å². The average Bonchev–Trinajstić information content (AvgIpc) is 2.84. The molecule has 35 heavy (non-hydrogen) atoms. The second-order valence-corrected chi connectivity index (χ2v) is 9.34. The molecule has 1 aliphatic rings. The van der Waals surface area contributed by atoms with Crippen LogP contribution in [0.4, 0.5) is 0 Å². The van der Waals surface area contributed by atoms with Crippen LogP contribution in [0.3, 0.4) is 0 Å². The number of thiol groups is 1. The quantitative estimate of drug-likeness (QED) is 0.222. The van der Waals surface area contributed by atoms with Crippen molar-refractivity contribution < 1.29 is 29.0 Å². The Kier molecular flexibility index (Phi) is 11.3. The van der Waals surface area contributed by atoms with Gasteiger partial charge in [-0.05, 0) is 48.6 Å². The Morgan fingerprint density at radius 1 is 1.26 bits per heavy atom. The Hall–Kier alpha value is -2.79. The molecule has 0 saturated carbocycles. The predicted molar refractivity (Wildman–Crippen MR) is 133 cm³/mol. The van der Waals surface area contributed by atoms with Crippen molar-refractivity contribution in [3.63, 3.8) is 0 Å². The number of hydrazine groups is 1. The molecule has 1 aromatic rings. The minimum absolute atomic E-state index is 0.0402. The molecule has 0 aliphatic carbocycles. The average molecular weight is 509 g/mol. The number of phenols is 1. The minimum Gasteiger partial charge on any atom is -0.508 e. The van der Waals surface area contributed by atoms with Gasteiger partial charge in [0.2, 0.25) is 11.8 Å². The lowest BCUT2D eigenvalue weighted by Gasteiger charge is -2.35. The summed E-state index contributed by atoms with van der Waals surface area (Å²) < 4.78 is 4.79. The molecule has 1 aliphatic heterocycles. The van der Waals surface area contributed by atoms with Gasteiger partial charge in [-0.3, -0.25) is 24.2 Å². The first-order valence-electron chi connectivity index (χ1n) is 11.8. The van der Waals surface area contributed by atoms with Gasteiger partial charge in [0.05, 0.1) is 7.11 Å². The fraction of sp³-hybridized carbons (Fsp3) is 0.583. The van der Waals surface area contributed by atoms with E-state index < -0.39 is 35.9 Å². The van der Waals surface area contributed by atoms with Crippen LogP contribution in [-0.4, -0.2) is 71.3 Å². The maximum Gasteiger partial charge on any atom is 0.324 e. The zero-order chi connectivity index (χ0) is 26.0. The zero-order valence-electron chi connectivity index (χ0n) is 20.5. The van der Waals surface area contributed by atoms with Crippen molar-refractivity contribution in [2.24, 2.45) is 5.92 Å². The number of hydrogen-bond donors (Lipinski definition) is 5. The van der Waals surface area contributed by atoms with Gasteiger partial charge >= 0.3 is 5.97 Å². The Labute approximate surface area is 211 Å². The summed E-state index contributed by atoms with van der Waals surface area (Å²) in [6, 6.07) is 3.94. The molecule has 2 rings (SSSR count). The van der Waals surface area contributed by atoms with Crippen molar-refractivity contribution in [3.8, 4) is 5.75 Å². The van der Waals surface area contributed by atoms with E-state index in [0.29, 0.717) is 37.1 Å². The van der Waals surface area contributed by atoms with E-state index in [9.17, 15) is 24.3 Å². The fourth-order valence-electron chi connectivity index (χ4n) is 3.85. The molecule has 0 spiro atoms. The monoisotopic (exact) mass is 508 g/mol. The SMILES string of the molecule is COC(=O)[C@@H]1CCCN(C(=O)[C@H](Cc2cccc(O)c2)NC(=O)[C@@H](NC(=O)CCCS)C(C)C)N1. The molecule has 1 fully saturated rings. The van der Waals surface area contributed by atoms with E-state index in [0.717, 1.165) is 0 Å². The van der Waals surface area contributed by atoms with Crippen LogP contribution in [0.1, 0.15) is 45.1 Å². The van der Waals surface area contributed by atoms with Gasteiger partial charge in [0.15, 0.2) is 0 Å². The number of esters is 1. The highest BCUT2D eigenvalue weighted by molar-refractivity contribution is 7.80. The van der Waals surface area contributed by atoms with E-state index in [2.05, 4.69) is 28.7 Å². The van der Waals surface area contributed by atoms with Gasteiger partial charge in [0.25, 0.3) is 5.91 Å². The molecule has 0 bridgehead atoms. The fourth-order valence-corrected chi connectivity index (χ4v) is 4.00. The Morgan fingerprint density at radius 2 is 2.00 bits per heavy atom. The van der Waals surface area contributed by atoms with E-state index in [1.807, 2.05) is 13.8 Å². The molecular weight excluding hydrogens is 472 g/mol. The summed E-state index contributed by atoms with van der Waals surface area (Å²) in [4.78, 5) is 50.9. The van der Waals surface area contributed by atoms with Crippen LogP contribution in [0, 0.1) is 5.92 Å². The third-order valence-electron chi connectivity index (χ3n) is 5.73. The maximum absolute atomic E-state index is 13.5. The van der Waals surface area contributed by atoms with Gasteiger partial charge < -0.3 is 20.5 Å². The van der Waals surface area contributed by atoms with Crippen LogP contribution in [0.15, 0.2) is 24.3 Å². The molecule has 0 unspecified atom stereocenters. The Balaban J connectivity index is 2.22. The molecule has 1 aromatic carbocycles. The van der Waals surface area contributed by atoms with Crippen LogP contribution in [0.25, 0.3) is 0 Å². The van der Waals surface area contributed by atoms with Gasteiger partial charge in [-0.15, -0.1) is 0 Å². The van der Waals surface area contributed by atoms with E-state index in [1.165, 1.54) is 24.3 Å². The van der Waals surface area contributed by atoms with E-state index in [-0.39, 0.29) is 30.4 Å². The van der Waals surface area contributed by atoms with E-state index >= 15 is 0 Å². The number of phenolic OH excluding ortho intramolecular Hbond substituents is 1. The number of hydrogen-bond acceptors (Lipinski definition) is 8. The molecule has 1 heterocycles. The number of aromatic hydroxyl groups is 1. The lowest BCUT2D eigenvalue weighted by atomic mass is 10.00. The van der Waals surface area contributed by atoms with Crippen LogP contribution >= 0.6 is 12.6 Å². The summed E-state index contributed by atoms with van der Waals surface area (Å²) in [7, 11) is 1.28. The minimum atomic E-state index is -0.996. The summed E-state index contributed by atoms with van der Waals surface area (Å²) in [5.41, 5.74) is 3.54. The molecule has 3 amide bonds. The third kappa shape index (κ3) is 8.74. The second-order valence-electron chi connectivity index (χ2n) is 8.89. The third-order valence-corrected chi connectivity index (χ3v) is 6.05. The number of nitrogens with one attached hydrogen (secondary N) is 3. The highest BCUT2D eigenvalue weighted by Crippen LogP contribution is 2.16. The number of nitrogens with zero attached hydrogens (tertiary/aromatic N) is 1. The van der Waals surface area contributed by atoms with E-state index in [4.69, 9.17) is 4.74 Å². The number of rotatable bonds is 11. The first kappa shape index (κ1) is 28.4. The first-order chi connectivity index (χ1) is 16.7. The van der Waals surface area contributed by atoms with Crippen molar-refractivity contribution in [2.45, 2.75) is 64.1 Å². The number of benzene rings is 1. The summed E-state index contributed by atoms with van der Waals surface area (Å²) >= 11 is 4.11. The summed E-state index contributed by atoms with van der Waals surface area (Å²) in [5.74, 6) is -1.27. The normalized spacial score (nSPS) is 17.4. The molecule has 0 radical (unpaired) electrons. The number of amides is 3. The second kappa shape index (κ2) is 13.9. The summed E-state index contributed by atoms with van der Waals surface area (Å²) in [6.45, 7) is 3.97. The molecular formula is C24H36N4O6S. The molecule has 10 nitrogen and oxygen atoms in total. The molecule has 194 valence electrons. The number of carbonyl (C=O) groups is 4. The zero-order valence-corrected chi connectivity index (χ0v) is 21.3. The molecule has 4 N–H and O–H groups in total. The Morgan fingerprint density at radius 3 is 2.63 bits per heavy atom. The van der Waals surface area contributed by atoms with Crippen molar-refractivity contribution >= 4 is 36.3 Å². The topological polar surface area (TPSA) is 137 Å². The van der Waals surface area contributed by atoms with Crippen molar-refractivity contribution in [1.82, 2.24) is 21.1 Å². The molecule has 1 saturated heterocycles. The predicted octanol–water partition coefficient (Wildman–Crippen LogP) is 0.939. The largest absolute Gasteiger partial charge is 0.508 e. The maximum atomic E-state index is 13.5.